The van der Waals surface area contributed by atoms with E-state index in [9.17, 15) is 27.9 Å². The number of primary amides is 1. The summed E-state index contributed by atoms with van der Waals surface area (Å²) in [6.45, 7) is 0.0180. The third-order valence-corrected chi connectivity index (χ3v) is 5.65. The molecule has 1 unspecified atom stereocenters. The number of amides is 3. The molecule has 8 nitrogen and oxygen atoms in total. The van der Waals surface area contributed by atoms with Crippen LogP contribution in [0.15, 0.2) is 54.6 Å². The maximum absolute atomic E-state index is 13.2. The normalized spacial score (nSPS) is 11.8. The molecule has 0 radical (unpaired) electrons. The number of carbonyl (C=O) groups excluding carboxylic acids is 2. The number of thiocarbonyl (C=S) groups is 1. The van der Waals surface area contributed by atoms with Crippen molar-refractivity contribution in [2.24, 2.45) is 5.73 Å². The van der Waals surface area contributed by atoms with Crippen molar-refractivity contribution in [1.82, 2.24) is 10.6 Å². The van der Waals surface area contributed by atoms with Gasteiger partial charge in [0, 0.05) is 6.54 Å². The van der Waals surface area contributed by atoms with Crippen LogP contribution in [0, 0.1) is 11.3 Å². The summed E-state index contributed by atoms with van der Waals surface area (Å²) in [7, 11) is 0. The van der Waals surface area contributed by atoms with Gasteiger partial charge in [-0.2, -0.15) is 5.26 Å². The van der Waals surface area contributed by atoms with E-state index in [0.717, 1.165) is 22.9 Å². The van der Waals surface area contributed by atoms with Crippen molar-refractivity contribution in [3.8, 4) is 17.6 Å². The number of urea groups is 1. The van der Waals surface area contributed by atoms with E-state index in [2.05, 4.69) is 15.4 Å². The van der Waals surface area contributed by atoms with Crippen molar-refractivity contribution in [3.05, 3.63) is 71.3 Å². The number of alkyl halides is 3. The first-order valence-corrected chi connectivity index (χ1v) is 11.3. The number of carbonyl (C=O) groups is 2. The van der Waals surface area contributed by atoms with Crippen LogP contribution in [0.2, 0.25) is 0 Å². The van der Waals surface area contributed by atoms with Gasteiger partial charge in [-0.25, -0.2) is 4.79 Å². The van der Waals surface area contributed by atoms with Gasteiger partial charge in [0.1, 0.15) is 4.99 Å². The third-order valence-electron chi connectivity index (χ3n) is 5.34. The molecule has 0 aliphatic carbocycles. The van der Waals surface area contributed by atoms with Gasteiger partial charge in [-0.05, 0) is 34.4 Å². The number of nitrogens with zero attached hydrogens (tertiary/aromatic N) is 1. The predicted molar refractivity (Wildman–Crippen MR) is 133 cm³/mol. The fourth-order valence-corrected chi connectivity index (χ4v) is 4.12. The minimum atomic E-state index is -5.13. The molecule has 0 spiro atoms. The van der Waals surface area contributed by atoms with Crippen LogP contribution in [0.25, 0.3) is 10.8 Å². The van der Waals surface area contributed by atoms with Gasteiger partial charge in [0.2, 0.25) is 5.91 Å². The number of nitrogens with two attached hydrogens (primary N) is 1. The molecule has 3 rings (SSSR count). The molecule has 12 heteroatoms. The zero-order valence-electron chi connectivity index (χ0n) is 19.1. The van der Waals surface area contributed by atoms with Gasteiger partial charge in [0.25, 0.3) is 0 Å². The quantitative estimate of drug-likeness (QED) is 0.255. The Bertz CT molecular complexity index is 1390. The van der Waals surface area contributed by atoms with Crippen LogP contribution in [0.4, 0.5) is 18.0 Å². The molecule has 3 aromatic carbocycles. The number of hydrogen-bond acceptors (Lipinski definition) is 6. The molecular formula is C25H21F3N4O4S. The second kappa shape index (κ2) is 11.6. The molecule has 0 aliphatic rings. The van der Waals surface area contributed by atoms with E-state index in [1.165, 1.54) is 0 Å². The molecule has 1 atom stereocenters. The second-order valence-electron chi connectivity index (χ2n) is 7.88. The predicted octanol–water partition coefficient (Wildman–Crippen LogP) is 4.14. The summed E-state index contributed by atoms with van der Waals surface area (Å²) in [5.74, 6) is -3.67. The van der Waals surface area contributed by atoms with Gasteiger partial charge in [-0.15, -0.1) is 13.2 Å². The van der Waals surface area contributed by atoms with Gasteiger partial charge in [0.05, 0.1) is 24.0 Å². The molecule has 0 saturated carbocycles. The maximum atomic E-state index is 13.2. The lowest BCUT2D eigenvalue weighted by molar-refractivity contribution is -0.275. The monoisotopic (exact) mass is 530 g/mol. The molecule has 0 heterocycles. The Kier molecular flexibility index (Phi) is 8.52. The van der Waals surface area contributed by atoms with E-state index in [1.807, 2.05) is 42.5 Å². The van der Waals surface area contributed by atoms with Crippen molar-refractivity contribution in [2.75, 3.05) is 6.54 Å². The Balaban J connectivity index is 2.13. The van der Waals surface area contributed by atoms with Crippen LogP contribution in [0.3, 0.4) is 0 Å². The van der Waals surface area contributed by atoms with Gasteiger partial charge in [-0.1, -0.05) is 60.7 Å². The molecule has 5 N–H and O–H groups in total. The Labute approximate surface area is 214 Å². The standard InChI is InChI=1S/C25H21F3N4O4S/c26-25(27,28)36-19-9-8-17(20(21(19)33)23(37)32-24(30)35)18(22(34)31-11-3-10-29)13-14-6-7-15-4-1-2-5-16(15)12-14/h1-2,4-9,12,18,33H,3,11,13H2,(H,31,34)(H3,30,32,35,37). The molecule has 0 saturated heterocycles. The number of phenols is 1. The number of hydrogen-bond donors (Lipinski definition) is 4. The summed E-state index contributed by atoms with van der Waals surface area (Å²) < 4.78 is 42.6. The van der Waals surface area contributed by atoms with E-state index in [4.69, 9.17) is 23.2 Å². The van der Waals surface area contributed by atoms with Crippen molar-refractivity contribution in [1.29, 1.82) is 5.26 Å². The number of benzene rings is 3. The van der Waals surface area contributed by atoms with Gasteiger partial charge in [0.15, 0.2) is 11.5 Å². The minimum Gasteiger partial charge on any atom is -0.504 e. The fraction of sp³-hybridized carbons (Fsp3) is 0.200. The lowest BCUT2D eigenvalue weighted by atomic mass is 9.86. The van der Waals surface area contributed by atoms with Crippen molar-refractivity contribution >= 4 is 39.9 Å². The van der Waals surface area contributed by atoms with E-state index in [0.29, 0.717) is 5.56 Å². The summed E-state index contributed by atoms with van der Waals surface area (Å²) in [6.07, 6.45) is -5.06. The molecule has 37 heavy (non-hydrogen) atoms. The van der Waals surface area contributed by atoms with Crippen molar-refractivity contribution in [3.63, 3.8) is 0 Å². The van der Waals surface area contributed by atoms with Gasteiger partial charge in [-0.3, -0.25) is 10.1 Å². The third kappa shape index (κ3) is 7.08. The van der Waals surface area contributed by atoms with Crippen LogP contribution in [0.5, 0.6) is 11.5 Å². The molecule has 3 amide bonds. The SMILES string of the molecule is N#CCCNC(=O)C(Cc1ccc2ccccc2c1)c1ccc(OC(F)(F)F)c(O)c1C(=S)NC(N)=O. The number of fused-ring (bicyclic) bond motifs is 1. The molecule has 0 aromatic heterocycles. The van der Waals surface area contributed by atoms with Crippen LogP contribution < -0.4 is 21.1 Å². The molecule has 0 fully saturated rings. The first-order valence-electron chi connectivity index (χ1n) is 10.8. The summed E-state index contributed by atoms with van der Waals surface area (Å²) in [6, 6.07) is 15.8. The average molecular weight is 531 g/mol. The van der Waals surface area contributed by atoms with Crippen LogP contribution in [-0.4, -0.2) is 34.9 Å². The highest BCUT2D eigenvalue weighted by Crippen LogP contribution is 2.39. The highest BCUT2D eigenvalue weighted by atomic mass is 32.1. The van der Waals surface area contributed by atoms with Crippen molar-refractivity contribution < 1.29 is 32.6 Å². The smallest absolute Gasteiger partial charge is 0.504 e. The Hall–Kier alpha value is -4.37. The molecule has 0 aliphatic heterocycles. The number of aromatic hydroxyl groups is 1. The maximum Gasteiger partial charge on any atom is 0.573 e. The summed E-state index contributed by atoms with van der Waals surface area (Å²) in [5, 5.41) is 26.0. The highest BCUT2D eigenvalue weighted by molar-refractivity contribution is 7.80. The van der Waals surface area contributed by atoms with Gasteiger partial charge < -0.3 is 20.9 Å². The molecular weight excluding hydrogens is 509 g/mol. The molecule has 0 bridgehead atoms. The van der Waals surface area contributed by atoms with Crippen LogP contribution in [0.1, 0.15) is 29.0 Å². The van der Waals surface area contributed by atoms with Crippen molar-refractivity contribution in [2.45, 2.75) is 25.1 Å². The number of halogens is 3. The Morgan fingerprint density at radius 1 is 1.14 bits per heavy atom. The Morgan fingerprint density at radius 2 is 1.84 bits per heavy atom. The van der Waals surface area contributed by atoms with E-state index in [1.54, 1.807) is 6.07 Å². The van der Waals surface area contributed by atoms with Gasteiger partial charge >= 0.3 is 12.4 Å². The van der Waals surface area contributed by atoms with E-state index >= 15 is 0 Å². The summed E-state index contributed by atoms with van der Waals surface area (Å²) in [5.41, 5.74) is 5.43. The first-order chi connectivity index (χ1) is 17.5. The summed E-state index contributed by atoms with van der Waals surface area (Å²) in [4.78, 5) is 24.2. The number of rotatable bonds is 8. The highest BCUT2D eigenvalue weighted by Gasteiger charge is 2.35. The number of nitriles is 1. The molecule has 192 valence electrons. The zero-order valence-corrected chi connectivity index (χ0v) is 19.9. The molecule has 3 aromatic rings. The largest absolute Gasteiger partial charge is 0.573 e. The lowest BCUT2D eigenvalue weighted by Gasteiger charge is -2.23. The zero-order chi connectivity index (χ0) is 27.2. The topological polar surface area (TPSA) is 137 Å². The van der Waals surface area contributed by atoms with Crippen LogP contribution in [-0.2, 0) is 11.2 Å². The minimum absolute atomic E-state index is 0.0180. The fourth-order valence-electron chi connectivity index (χ4n) is 3.81. The van der Waals surface area contributed by atoms with Crippen LogP contribution >= 0.6 is 12.2 Å². The first kappa shape index (κ1) is 27.2. The lowest BCUT2D eigenvalue weighted by Crippen LogP contribution is -2.37. The second-order valence-corrected chi connectivity index (χ2v) is 8.29. The van der Waals surface area contributed by atoms with E-state index < -0.39 is 46.3 Å². The van der Waals surface area contributed by atoms with E-state index in [-0.39, 0.29) is 24.9 Å². The number of phenolic OH excluding ortho intramolecular Hbond substituents is 1. The number of nitrogens with one attached hydrogen (secondary N) is 2. The number of ether oxygens (including phenoxy) is 1. The Morgan fingerprint density at radius 3 is 2.49 bits per heavy atom. The average Bonchev–Trinajstić information content (AvgIpc) is 2.82. The summed E-state index contributed by atoms with van der Waals surface area (Å²) >= 11 is 5.13.